The molecule has 0 heterocycles. The Morgan fingerprint density at radius 3 is 2.62 bits per heavy atom. The molecule has 1 aliphatic rings. The van der Waals surface area contributed by atoms with Gasteiger partial charge in [0.1, 0.15) is 0 Å². The van der Waals surface area contributed by atoms with Gasteiger partial charge in [0, 0.05) is 5.69 Å². The van der Waals surface area contributed by atoms with Gasteiger partial charge in [-0.15, -0.1) is 0 Å². The molecule has 0 atom stereocenters. The molecule has 1 saturated carbocycles. The minimum absolute atomic E-state index is 0.630. The maximum atomic E-state index is 11.0. The van der Waals surface area contributed by atoms with Crippen molar-refractivity contribution < 1.29 is 9.90 Å². The van der Waals surface area contributed by atoms with Gasteiger partial charge in [0.2, 0.25) is 0 Å². The van der Waals surface area contributed by atoms with Gasteiger partial charge in [0.25, 0.3) is 0 Å². The predicted octanol–water partition coefficient (Wildman–Crippen LogP) is 1.39. The summed E-state index contributed by atoms with van der Waals surface area (Å²) in [4.78, 5) is 11.0. The van der Waals surface area contributed by atoms with Gasteiger partial charge in [-0.1, -0.05) is 12.1 Å². The number of benzene rings is 1. The van der Waals surface area contributed by atoms with Gasteiger partial charge in [-0.05, 0) is 30.5 Å². The normalized spacial score (nSPS) is 18.2. The van der Waals surface area contributed by atoms with E-state index in [-0.39, 0.29) is 0 Å². The van der Waals surface area contributed by atoms with Crippen LogP contribution in [0.3, 0.4) is 0 Å². The fraction of sp³-hybridized carbons (Fsp3) is 0.300. The lowest BCUT2D eigenvalue weighted by Gasteiger charge is -2.09. The van der Waals surface area contributed by atoms with E-state index in [2.05, 4.69) is 0 Å². The van der Waals surface area contributed by atoms with Gasteiger partial charge in [-0.25, -0.2) is 0 Å². The van der Waals surface area contributed by atoms with Crippen LogP contribution in [0, 0.1) is 0 Å². The molecule has 13 heavy (non-hydrogen) atoms. The summed E-state index contributed by atoms with van der Waals surface area (Å²) >= 11 is 0. The number of carboxylic acid groups (broad SMARTS) is 1. The highest BCUT2D eigenvalue weighted by atomic mass is 16.4. The van der Waals surface area contributed by atoms with Crippen LogP contribution in [0.5, 0.6) is 0 Å². The molecule has 68 valence electrons. The van der Waals surface area contributed by atoms with Gasteiger partial charge in [-0.2, -0.15) is 0 Å². The highest BCUT2D eigenvalue weighted by molar-refractivity contribution is 5.85. The zero-order valence-corrected chi connectivity index (χ0v) is 7.16. The molecule has 0 saturated heterocycles. The molecular weight excluding hydrogens is 166 g/mol. The third-order valence-corrected chi connectivity index (χ3v) is 2.60. The SMILES string of the molecule is Nc1cccc(C2(C(=O)O)CC2)c1. The number of hydrogen-bond acceptors (Lipinski definition) is 2. The smallest absolute Gasteiger partial charge is 0.314 e. The first-order valence-electron chi connectivity index (χ1n) is 4.24. The van der Waals surface area contributed by atoms with Crippen LogP contribution in [0.15, 0.2) is 24.3 Å². The summed E-state index contributed by atoms with van der Waals surface area (Å²) in [5.41, 5.74) is 6.42. The van der Waals surface area contributed by atoms with Crippen LogP contribution in [0.1, 0.15) is 18.4 Å². The lowest BCUT2D eigenvalue weighted by Crippen LogP contribution is -2.19. The molecule has 3 N–H and O–H groups in total. The van der Waals surface area contributed by atoms with Crippen LogP contribution in [0.2, 0.25) is 0 Å². The number of hydrogen-bond donors (Lipinski definition) is 2. The molecule has 1 aromatic carbocycles. The quantitative estimate of drug-likeness (QED) is 0.671. The summed E-state index contributed by atoms with van der Waals surface area (Å²) in [5, 5.41) is 9.01. The average Bonchev–Trinajstić information content (AvgIpc) is 2.83. The number of aliphatic carboxylic acids is 1. The van der Waals surface area contributed by atoms with E-state index >= 15 is 0 Å². The summed E-state index contributed by atoms with van der Waals surface area (Å²) < 4.78 is 0. The Kier molecular flexibility index (Phi) is 1.55. The molecule has 1 fully saturated rings. The predicted molar refractivity (Wildman–Crippen MR) is 49.4 cm³/mol. The van der Waals surface area contributed by atoms with Crippen LogP contribution in [-0.2, 0) is 10.2 Å². The van der Waals surface area contributed by atoms with Gasteiger partial charge >= 0.3 is 5.97 Å². The van der Waals surface area contributed by atoms with Crippen molar-refractivity contribution in [3.63, 3.8) is 0 Å². The summed E-state index contributed by atoms with van der Waals surface area (Å²) in [6.45, 7) is 0. The zero-order chi connectivity index (χ0) is 9.47. The molecule has 3 heteroatoms. The lowest BCUT2D eigenvalue weighted by molar-refractivity contribution is -0.140. The molecule has 0 bridgehead atoms. The van der Waals surface area contributed by atoms with Crippen molar-refractivity contribution in [2.75, 3.05) is 5.73 Å². The molecule has 0 radical (unpaired) electrons. The Morgan fingerprint density at radius 2 is 2.15 bits per heavy atom. The van der Waals surface area contributed by atoms with Crippen molar-refractivity contribution in [1.29, 1.82) is 0 Å². The molecule has 1 aliphatic carbocycles. The Bertz CT molecular complexity index is 356. The number of nitrogen functional groups attached to an aromatic ring is 1. The second kappa shape index (κ2) is 2.49. The van der Waals surface area contributed by atoms with E-state index in [1.54, 1.807) is 18.2 Å². The second-order valence-electron chi connectivity index (χ2n) is 3.51. The molecule has 3 nitrogen and oxygen atoms in total. The third-order valence-electron chi connectivity index (χ3n) is 2.60. The minimum Gasteiger partial charge on any atom is -0.481 e. The van der Waals surface area contributed by atoms with E-state index in [9.17, 15) is 4.79 Å². The van der Waals surface area contributed by atoms with Crippen molar-refractivity contribution in [3.05, 3.63) is 29.8 Å². The molecular formula is C10H11NO2. The average molecular weight is 177 g/mol. The number of nitrogens with two attached hydrogens (primary N) is 1. The fourth-order valence-electron chi connectivity index (χ4n) is 1.59. The lowest BCUT2D eigenvalue weighted by atomic mass is 9.96. The summed E-state index contributed by atoms with van der Waals surface area (Å²) in [5.74, 6) is -0.738. The number of carbonyl (C=O) groups is 1. The molecule has 0 unspecified atom stereocenters. The zero-order valence-electron chi connectivity index (χ0n) is 7.16. The van der Waals surface area contributed by atoms with E-state index < -0.39 is 11.4 Å². The number of carboxylic acids is 1. The van der Waals surface area contributed by atoms with Crippen LogP contribution in [-0.4, -0.2) is 11.1 Å². The standard InChI is InChI=1S/C10H11NO2/c11-8-3-1-2-7(6-8)10(4-5-10)9(12)13/h1-3,6H,4-5,11H2,(H,12,13). The van der Waals surface area contributed by atoms with Crippen molar-refractivity contribution >= 4 is 11.7 Å². The topological polar surface area (TPSA) is 63.3 Å². The Morgan fingerprint density at radius 1 is 1.46 bits per heavy atom. The van der Waals surface area contributed by atoms with Gasteiger partial charge in [0.05, 0.1) is 5.41 Å². The van der Waals surface area contributed by atoms with E-state index in [0.717, 1.165) is 18.4 Å². The molecule has 0 amide bonds. The van der Waals surface area contributed by atoms with Crippen LogP contribution < -0.4 is 5.73 Å². The maximum absolute atomic E-state index is 11.0. The monoisotopic (exact) mass is 177 g/mol. The second-order valence-corrected chi connectivity index (χ2v) is 3.51. The third kappa shape index (κ3) is 1.16. The number of anilines is 1. The van der Waals surface area contributed by atoms with E-state index in [4.69, 9.17) is 10.8 Å². The van der Waals surface area contributed by atoms with Crippen molar-refractivity contribution in [2.24, 2.45) is 0 Å². The van der Waals surface area contributed by atoms with Gasteiger partial charge in [0.15, 0.2) is 0 Å². The minimum atomic E-state index is -0.738. The summed E-state index contributed by atoms with van der Waals surface area (Å²) in [6.07, 6.45) is 1.46. The Hall–Kier alpha value is -1.51. The summed E-state index contributed by atoms with van der Waals surface area (Å²) in [6, 6.07) is 7.15. The van der Waals surface area contributed by atoms with Gasteiger partial charge in [-0.3, -0.25) is 4.79 Å². The van der Waals surface area contributed by atoms with E-state index in [1.807, 2.05) is 6.07 Å². The molecule has 2 rings (SSSR count). The van der Waals surface area contributed by atoms with Crippen molar-refractivity contribution in [3.8, 4) is 0 Å². The van der Waals surface area contributed by atoms with Crippen molar-refractivity contribution in [2.45, 2.75) is 18.3 Å². The molecule has 0 spiro atoms. The first kappa shape index (κ1) is 8.10. The van der Waals surface area contributed by atoms with Crippen LogP contribution in [0.25, 0.3) is 0 Å². The van der Waals surface area contributed by atoms with E-state index in [1.165, 1.54) is 0 Å². The van der Waals surface area contributed by atoms with E-state index in [0.29, 0.717) is 5.69 Å². The highest BCUT2D eigenvalue weighted by Crippen LogP contribution is 2.48. The molecule has 0 aromatic heterocycles. The van der Waals surface area contributed by atoms with Crippen LogP contribution >= 0.6 is 0 Å². The summed E-state index contributed by atoms with van der Waals surface area (Å²) in [7, 11) is 0. The Balaban J connectivity index is 2.41. The van der Waals surface area contributed by atoms with Gasteiger partial charge < -0.3 is 10.8 Å². The first-order chi connectivity index (χ1) is 6.15. The van der Waals surface area contributed by atoms with Crippen molar-refractivity contribution in [1.82, 2.24) is 0 Å². The highest BCUT2D eigenvalue weighted by Gasteiger charge is 2.51. The largest absolute Gasteiger partial charge is 0.481 e. The molecule has 0 aliphatic heterocycles. The fourth-order valence-corrected chi connectivity index (χ4v) is 1.59. The maximum Gasteiger partial charge on any atom is 0.314 e. The number of rotatable bonds is 2. The molecule has 1 aromatic rings. The Labute approximate surface area is 76.2 Å². The van der Waals surface area contributed by atoms with Crippen LogP contribution in [0.4, 0.5) is 5.69 Å². The first-order valence-corrected chi connectivity index (χ1v) is 4.24.